The molecule has 12 heteroatoms. The third-order valence-electron chi connectivity index (χ3n) is 12.0. The Kier molecular flexibility index (Phi) is 15.4. The zero-order valence-corrected chi connectivity index (χ0v) is 38.5. The first kappa shape index (κ1) is 49.1. The molecule has 0 aromatic heterocycles. The van der Waals surface area contributed by atoms with Crippen LogP contribution in [-0.4, -0.2) is 46.2 Å². The Hall–Kier alpha value is -4.96. The molecule has 4 aromatic rings. The van der Waals surface area contributed by atoms with Crippen molar-refractivity contribution in [3.63, 3.8) is 0 Å². The fourth-order valence-electron chi connectivity index (χ4n) is 9.04. The Morgan fingerprint density at radius 1 is 0.587 bits per heavy atom. The van der Waals surface area contributed by atoms with Crippen molar-refractivity contribution in [2.24, 2.45) is 0 Å². The van der Waals surface area contributed by atoms with Gasteiger partial charge in [-0.25, -0.2) is 0 Å². The molecule has 2 heterocycles. The van der Waals surface area contributed by atoms with Crippen LogP contribution >= 0.6 is 8.16 Å². The number of hydrogen-bond donors (Lipinski definition) is 0. The number of anilines is 2. The molecule has 7 rings (SSSR count). The van der Waals surface area contributed by atoms with Crippen molar-refractivity contribution in [3.8, 4) is 0 Å². The first-order chi connectivity index (χ1) is 29.3. The number of nitrogens with zero attached hydrogens (tertiary/aromatic N) is 3. The molecule has 1 fully saturated rings. The van der Waals surface area contributed by atoms with Crippen molar-refractivity contribution in [1.29, 1.82) is 0 Å². The van der Waals surface area contributed by atoms with Gasteiger partial charge in [-0.15, -0.1) is 0 Å². The maximum Gasteiger partial charge on any atom is -1.00 e. The minimum atomic E-state index is -8.55. The first-order valence-electron chi connectivity index (χ1n) is 21.3. The van der Waals surface area contributed by atoms with E-state index >= 15 is 0 Å². The summed E-state index contributed by atoms with van der Waals surface area (Å²) in [5, 5.41) is 0. The van der Waals surface area contributed by atoms with Crippen LogP contribution in [-0.2, 0) is 20.3 Å². The number of fused-ring (bicyclic) bond motifs is 2. The maximum absolute atomic E-state index is 9.84. The number of ether oxygens (including phenoxy) is 2. The van der Waals surface area contributed by atoms with E-state index in [0.29, 0.717) is 0 Å². The van der Waals surface area contributed by atoms with E-state index in [4.69, 9.17) is 9.47 Å². The van der Waals surface area contributed by atoms with Crippen molar-refractivity contribution in [2.75, 3.05) is 50.3 Å². The molecule has 0 unspecified atom stereocenters. The molecule has 0 bridgehead atoms. The SMILES string of the molecule is COCCCN1C(=CC=C2CC/C(=C\C=C3\N(CCCOC)c4ccc(C)cc4C3(C)C)C2=[N+](c2ccccc2)c2ccccc2)C(C)(C)c2cc(C)ccc21.FP(F)(F)(F)F.[F-]. The summed E-state index contributed by atoms with van der Waals surface area (Å²) >= 11 is 0. The molecule has 1 aliphatic carbocycles. The Morgan fingerprint density at radius 3 is 1.30 bits per heavy atom. The van der Waals surface area contributed by atoms with Crippen LogP contribution in [0, 0.1) is 13.8 Å². The smallest absolute Gasteiger partial charge is 1.00 e. The summed E-state index contributed by atoms with van der Waals surface area (Å²) in [7, 11) is -4.96. The van der Waals surface area contributed by atoms with Gasteiger partial charge in [0, 0.05) is 110 Å². The van der Waals surface area contributed by atoms with Gasteiger partial charge < -0.3 is 24.0 Å². The third kappa shape index (κ3) is 11.6. The molecule has 3 aliphatic rings. The fourth-order valence-corrected chi connectivity index (χ4v) is 9.04. The standard InChI is InChI=1S/C51H60N3O2.F5P.FH/c1-37-21-27-45-43(35-37)50(3,4)47(52(45)31-15-33-55-7)29-25-39-23-24-40(49(39)54(41-17-11-9-12-18-41)42-19-13-10-14-20-42)26-30-48-51(5,6)44-36-38(2)22-28-46(44)53(48)32-16-34-56-8;1-6(2,3,4)5;/h9-14,17-22,25-30,35-36H,15-16,23-24,31-34H2,1-8H3;;1H/q+1;;/p-1. The van der Waals surface area contributed by atoms with Crippen LogP contribution < -0.4 is 19.1 Å². The topological polar surface area (TPSA) is 28.0 Å². The number of benzene rings is 4. The second-order valence-corrected chi connectivity index (χ2v) is 18.5. The molecule has 0 N–H and O–H groups in total. The summed E-state index contributed by atoms with van der Waals surface area (Å²) in [5.74, 6) is 0. The number of halogens is 6. The predicted octanol–water partition coefficient (Wildman–Crippen LogP) is 11.6. The number of aryl methyl sites for hydroxylation is 2. The minimum absolute atomic E-state index is 0. The molecule has 0 saturated heterocycles. The van der Waals surface area contributed by atoms with E-state index in [2.05, 4.69) is 177 Å². The normalized spacial score (nSPS) is 19.4. The number of hydrogen-bond acceptors (Lipinski definition) is 4. The molecule has 63 heavy (non-hydrogen) atoms. The van der Waals surface area contributed by atoms with Gasteiger partial charge in [0.2, 0.25) is 17.1 Å². The average molecular weight is 892 g/mol. The summed E-state index contributed by atoms with van der Waals surface area (Å²) in [4.78, 5) is 5.07. The van der Waals surface area contributed by atoms with Gasteiger partial charge in [0.15, 0.2) is 0 Å². The quantitative estimate of drug-likeness (QED) is 0.0613. The van der Waals surface area contributed by atoms with E-state index in [1.54, 1.807) is 14.2 Å². The zero-order chi connectivity index (χ0) is 44.9. The van der Waals surface area contributed by atoms with Crippen molar-refractivity contribution in [3.05, 3.63) is 166 Å². The van der Waals surface area contributed by atoms with Crippen LogP contribution in [0.25, 0.3) is 0 Å². The molecule has 0 spiro atoms. The molecule has 4 aromatic carbocycles. The summed E-state index contributed by atoms with van der Waals surface area (Å²) < 4.78 is 62.7. The summed E-state index contributed by atoms with van der Waals surface area (Å²) in [5.41, 5.74) is 16.6. The Balaban J connectivity index is 0.000000999. The average Bonchev–Trinajstić information content (AvgIpc) is 3.77. The Morgan fingerprint density at radius 2 is 0.952 bits per heavy atom. The fraction of sp³-hybridized carbons (Fsp3) is 0.353. The molecule has 0 radical (unpaired) electrons. The van der Waals surface area contributed by atoms with E-state index in [0.717, 1.165) is 63.4 Å². The molecule has 2 aliphatic heterocycles. The molecule has 338 valence electrons. The van der Waals surface area contributed by atoms with Crippen LogP contribution in [0.1, 0.15) is 75.6 Å². The van der Waals surface area contributed by atoms with Crippen LogP contribution in [0.3, 0.4) is 0 Å². The zero-order valence-electron chi connectivity index (χ0n) is 37.6. The summed E-state index contributed by atoms with van der Waals surface area (Å²) in [6.45, 7) is 17.2. The monoisotopic (exact) mass is 891 g/mol. The minimum Gasteiger partial charge on any atom is -1.00 e. The van der Waals surface area contributed by atoms with Crippen molar-refractivity contribution >= 4 is 36.6 Å². The van der Waals surface area contributed by atoms with Gasteiger partial charge in [-0.05, 0) is 74.9 Å². The van der Waals surface area contributed by atoms with Crippen LogP contribution in [0.15, 0.2) is 144 Å². The molecule has 0 amide bonds. The predicted molar refractivity (Wildman–Crippen MR) is 249 cm³/mol. The van der Waals surface area contributed by atoms with Gasteiger partial charge in [0.05, 0.1) is 0 Å². The van der Waals surface area contributed by atoms with Gasteiger partial charge in [0.25, 0.3) is 0 Å². The Bertz CT molecular complexity index is 2230. The van der Waals surface area contributed by atoms with Crippen LogP contribution in [0.2, 0.25) is 0 Å². The van der Waals surface area contributed by atoms with E-state index in [9.17, 15) is 21.0 Å². The molecular formula is C51H60F6N3O2P. The van der Waals surface area contributed by atoms with Gasteiger partial charge in [0.1, 0.15) is 0 Å². The van der Waals surface area contributed by atoms with Gasteiger partial charge in [-0.3, -0.25) is 0 Å². The molecule has 0 atom stereocenters. The van der Waals surface area contributed by atoms with Crippen molar-refractivity contribution in [1.82, 2.24) is 4.58 Å². The summed E-state index contributed by atoms with van der Waals surface area (Å²) in [6.07, 6.45) is 13.5. The van der Waals surface area contributed by atoms with Crippen LogP contribution in [0.4, 0.5) is 43.7 Å². The van der Waals surface area contributed by atoms with Crippen molar-refractivity contribution < 1.29 is 35.2 Å². The summed E-state index contributed by atoms with van der Waals surface area (Å²) in [6, 6.07) is 35.6. The second-order valence-electron chi connectivity index (χ2n) is 17.3. The molecular weight excluding hydrogens is 832 g/mol. The van der Waals surface area contributed by atoms with E-state index in [1.165, 1.54) is 61.9 Å². The first-order valence-corrected chi connectivity index (χ1v) is 23.0. The van der Waals surface area contributed by atoms with Gasteiger partial charge >= 0.3 is 29.1 Å². The number of allylic oxidation sites excluding steroid dienone is 8. The maximum atomic E-state index is 9.84. The van der Waals surface area contributed by atoms with Crippen LogP contribution in [0.5, 0.6) is 0 Å². The second kappa shape index (κ2) is 19.8. The third-order valence-corrected chi connectivity index (χ3v) is 12.0. The number of para-hydroxylation sites is 2. The Labute approximate surface area is 369 Å². The molecule has 1 saturated carbocycles. The van der Waals surface area contributed by atoms with Crippen molar-refractivity contribution in [2.45, 2.75) is 78.1 Å². The van der Waals surface area contributed by atoms with E-state index < -0.39 is 8.16 Å². The van der Waals surface area contributed by atoms with E-state index in [1.807, 2.05) is 0 Å². The number of methoxy groups -OCH3 is 2. The van der Waals surface area contributed by atoms with E-state index in [-0.39, 0.29) is 15.5 Å². The molecule has 5 nitrogen and oxygen atoms in total. The van der Waals surface area contributed by atoms with Gasteiger partial charge in [-0.2, -0.15) is 4.58 Å². The van der Waals surface area contributed by atoms with Gasteiger partial charge in [-0.1, -0.05) is 112 Å². The number of rotatable bonds is 12. The largest absolute Gasteiger partial charge is 1.00 e.